The van der Waals surface area contributed by atoms with Gasteiger partial charge in [-0.15, -0.1) is 0 Å². The maximum absolute atomic E-state index is 11.2. The van der Waals surface area contributed by atoms with Crippen LogP contribution in [-0.2, 0) is 19.1 Å². The molecule has 0 saturated heterocycles. The standard InChI is InChI=1S/C12H20O4/c1-6-9(2)15-10(13)7-8-11(14)16-12(3,4)5/h7-9H,6H2,1-5H3/b8-7+. The molecule has 4 nitrogen and oxygen atoms in total. The highest BCUT2D eigenvalue weighted by molar-refractivity contribution is 5.91. The van der Waals surface area contributed by atoms with Gasteiger partial charge in [0.25, 0.3) is 0 Å². The molecule has 0 aromatic rings. The Morgan fingerprint density at radius 1 is 1.19 bits per heavy atom. The van der Waals surface area contributed by atoms with Crippen LogP contribution in [0.1, 0.15) is 41.0 Å². The zero-order valence-electron chi connectivity index (χ0n) is 10.6. The summed E-state index contributed by atoms with van der Waals surface area (Å²) in [5, 5.41) is 0. The maximum Gasteiger partial charge on any atom is 0.331 e. The van der Waals surface area contributed by atoms with Crippen molar-refractivity contribution in [1.82, 2.24) is 0 Å². The molecule has 0 saturated carbocycles. The summed E-state index contributed by atoms with van der Waals surface area (Å²) in [6, 6.07) is 0. The van der Waals surface area contributed by atoms with Crippen LogP contribution in [0.5, 0.6) is 0 Å². The molecule has 1 atom stereocenters. The van der Waals surface area contributed by atoms with Gasteiger partial charge in [-0.25, -0.2) is 9.59 Å². The first kappa shape index (κ1) is 14.7. The van der Waals surface area contributed by atoms with Gasteiger partial charge in [-0.2, -0.15) is 0 Å². The minimum Gasteiger partial charge on any atom is -0.460 e. The molecule has 0 aliphatic carbocycles. The van der Waals surface area contributed by atoms with Crippen molar-refractivity contribution in [2.45, 2.75) is 52.7 Å². The molecule has 0 aliphatic rings. The average molecular weight is 228 g/mol. The number of carbonyl (C=O) groups excluding carboxylic acids is 2. The highest BCUT2D eigenvalue weighted by Gasteiger charge is 2.14. The lowest BCUT2D eigenvalue weighted by atomic mass is 10.2. The summed E-state index contributed by atoms with van der Waals surface area (Å²) in [5.74, 6) is -1.08. The molecule has 0 amide bonds. The summed E-state index contributed by atoms with van der Waals surface area (Å²) in [4.78, 5) is 22.4. The Bertz CT molecular complexity index is 273. The van der Waals surface area contributed by atoms with E-state index in [0.29, 0.717) is 0 Å². The number of carbonyl (C=O) groups is 2. The predicted octanol–water partition coefficient (Wildman–Crippen LogP) is 2.23. The molecular formula is C12H20O4. The Hall–Kier alpha value is -1.32. The van der Waals surface area contributed by atoms with Gasteiger partial charge in [0, 0.05) is 12.2 Å². The fraction of sp³-hybridized carbons (Fsp3) is 0.667. The van der Waals surface area contributed by atoms with Crippen molar-refractivity contribution in [3.8, 4) is 0 Å². The number of rotatable bonds is 4. The van der Waals surface area contributed by atoms with Crippen LogP contribution in [0.4, 0.5) is 0 Å². The van der Waals surface area contributed by atoms with Crippen molar-refractivity contribution in [3.63, 3.8) is 0 Å². The highest BCUT2D eigenvalue weighted by atomic mass is 16.6. The van der Waals surface area contributed by atoms with E-state index in [2.05, 4.69) is 0 Å². The summed E-state index contributed by atoms with van der Waals surface area (Å²) in [7, 11) is 0. The Kier molecular flexibility index (Phi) is 5.78. The van der Waals surface area contributed by atoms with E-state index in [1.807, 2.05) is 6.92 Å². The van der Waals surface area contributed by atoms with Crippen LogP contribution in [0.3, 0.4) is 0 Å². The third-order valence-electron chi connectivity index (χ3n) is 1.65. The fourth-order valence-corrected chi connectivity index (χ4v) is 0.793. The molecule has 0 N–H and O–H groups in total. The van der Waals surface area contributed by atoms with E-state index < -0.39 is 17.5 Å². The van der Waals surface area contributed by atoms with Gasteiger partial charge in [0.15, 0.2) is 0 Å². The molecule has 0 aromatic carbocycles. The SMILES string of the molecule is CCC(C)OC(=O)/C=C/C(=O)OC(C)(C)C. The minimum atomic E-state index is -0.554. The van der Waals surface area contributed by atoms with Crippen molar-refractivity contribution >= 4 is 11.9 Å². The van der Waals surface area contributed by atoms with E-state index in [0.717, 1.165) is 18.6 Å². The number of hydrogen-bond donors (Lipinski definition) is 0. The van der Waals surface area contributed by atoms with Crippen LogP contribution in [-0.4, -0.2) is 23.6 Å². The lowest BCUT2D eigenvalue weighted by Crippen LogP contribution is -2.22. The van der Waals surface area contributed by atoms with Crippen molar-refractivity contribution < 1.29 is 19.1 Å². The van der Waals surface area contributed by atoms with Gasteiger partial charge in [-0.05, 0) is 34.1 Å². The number of esters is 2. The monoisotopic (exact) mass is 228 g/mol. The quantitative estimate of drug-likeness (QED) is 0.547. The highest BCUT2D eigenvalue weighted by Crippen LogP contribution is 2.07. The summed E-state index contributed by atoms with van der Waals surface area (Å²) in [6.45, 7) is 8.98. The number of ether oxygens (including phenoxy) is 2. The molecule has 0 heterocycles. The van der Waals surface area contributed by atoms with E-state index >= 15 is 0 Å². The molecule has 16 heavy (non-hydrogen) atoms. The van der Waals surface area contributed by atoms with Crippen molar-refractivity contribution in [2.24, 2.45) is 0 Å². The van der Waals surface area contributed by atoms with Crippen LogP contribution in [0.25, 0.3) is 0 Å². The topological polar surface area (TPSA) is 52.6 Å². The second-order valence-corrected chi connectivity index (χ2v) is 4.52. The van der Waals surface area contributed by atoms with Gasteiger partial charge >= 0.3 is 11.9 Å². The zero-order chi connectivity index (χ0) is 12.8. The largest absolute Gasteiger partial charge is 0.460 e. The molecule has 0 rings (SSSR count). The van der Waals surface area contributed by atoms with Crippen LogP contribution < -0.4 is 0 Å². The van der Waals surface area contributed by atoms with Crippen molar-refractivity contribution in [1.29, 1.82) is 0 Å². The van der Waals surface area contributed by atoms with Gasteiger partial charge in [-0.1, -0.05) is 6.92 Å². The molecular weight excluding hydrogens is 208 g/mol. The zero-order valence-corrected chi connectivity index (χ0v) is 10.6. The minimum absolute atomic E-state index is 0.143. The molecule has 0 spiro atoms. The molecule has 4 heteroatoms. The normalized spacial score (nSPS) is 13.6. The van der Waals surface area contributed by atoms with Crippen molar-refractivity contribution in [3.05, 3.63) is 12.2 Å². The van der Waals surface area contributed by atoms with Crippen LogP contribution in [0.15, 0.2) is 12.2 Å². The van der Waals surface area contributed by atoms with Crippen LogP contribution in [0.2, 0.25) is 0 Å². The van der Waals surface area contributed by atoms with Gasteiger partial charge in [0.05, 0.1) is 6.10 Å². The fourth-order valence-electron chi connectivity index (χ4n) is 0.793. The van der Waals surface area contributed by atoms with Gasteiger partial charge in [0.1, 0.15) is 5.60 Å². The summed E-state index contributed by atoms with van der Waals surface area (Å²) < 4.78 is 9.93. The lowest BCUT2D eigenvalue weighted by molar-refractivity contribution is -0.149. The Labute approximate surface area is 96.6 Å². The Balaban J connectivity index is 4.09. The maximum atomic E-state index is 11.2. The van der Waals surface area contributed by atoms with E-state index in [1.165, 1.54) is 0 Å². The van der Waals surface area contributed by atoms with Crippen LogP contribution >= 0.6 is 0 Å². The number of hydrogen-bond acceptors (Lipinski definition) is 4. The second-order valence-electron chi connectivity index (χ2n) is 4.52. The van der Waals surface area contributed by atoms with Crippen molar-refractivity contribution in [2.75, 3.05) is 0 Å². The average Bonchev–Trinajstić information content (AvgIpc) is 2.12. The van der Waals surface area contributed by atoms with Crippen LogP contribution in [0, 0.1) is 0 Å². The van der Waals surface area contributed by atoms with E-state index in [4.69, 9.17) is 9.47 Å². The second kappa shape index (κ2) is 6.30. The van der Waals surface area contributed by atoms with E-state index in [9.17, 15) is 9.59 Å². The molecule has 1 unspecified atom stereocenters. The summed E-state index contributed by atoms with van der Waals surface area (Å²) in [6.07, 6.45) is 2.76. The Morgan fingerprint density at radius 2 is 1.69 bits per heavy atom. The van der Waals surface area contributed by atoms with Gasteiger partial charge in [-0.3, -0.25) is 0 Å². The lowest BCUT2D eigenvalue weighted by Gasteiger charge is -2.17. The molecule has 92 valence electrons. The van der Waals surface area contributed by atoms with E-state index in [1.54, 1.807) is 27.7 Å². The van der Waals surface area contributed by atoms with E-state index in [-0.39, 0.29) is 6.10 Å². The third-order valence-corrected chi connectivity index (χ3v) is 1.65. The smallest absolute Gasteiger partial charge is 0.331 e. The predicted molar refractivity (Wildman–Crippen MR) is 60.8 cm³/mol. The van der Waals surface area contributed by atoms with Gasteiger partial charge in [0.2, 0.25) is 0 Å². The molecule has 0 aromatic heterocycles. The summed E-state index contributed by atoms with van der Waals surface area (Å²) >= 11 is 0. The molecule has 0 bridgehead atoms. The summed E-state index contributed by atoms with van der Waals surface area (Å²) in [5.41, 5.74) is -0.554. The van der Waals surface area contributed by atoms with Gasteiger partial charge < -0.3 is 9.47 Å². The first-order valence-corrected chi connectivity index (χ1v) is 5.36. The molecule has 0 radical (unpaired) electrons. The first-order valence-electron chi connectivity index (χ1n) is 5.36. The third kappa shape index (κ3) is 8.03. The molecule has 0 fully saturated rings. The first-order chi connectivity index (χ1) is 7.24. The molecule has 0 aliphatic heterocycles. The Morgan fingerprint density at radius 3 is 2.12 bits per heavy atom.